The number of hydrogen-bond acceptors (Lipinski definition) is 3. The van der Waals surface area contributed by atoms with Gasteiger partial charge >= 0.3 is 5.97 Å². The van der Waals surface area contributed by atoms with Gasteiger partial charge in [-0.2, -0.15) is 0 Å². The van der Waals surface area contributed by atoms with Gasteiger partial charge in [0.15, 0.2) is 0 Å². The van der Waals surface area contributed by atoms with Gasteiger partial charge in [0.1, 0.15) is 6.10 Å². The summed E-state index contributed by atoms with van der Waals surface area (Å²) in [4.78, 5) is 13.2. The first-order valence-electron chi connectivity index (χ1n) is 5.06. The lowest BCUT2D eigenvalue weighted by atomic mass is 10.0. The minimum Gasteiger partial charge on any atom is -0.462 e. The monoisotopic (exact) mass is 183 g/mol. The van der Waals surface area contributed by atoms with Crippen LogP contribution < -0.4 is 0 Å². The molecule has 2 bridgehead atoms. The van der Waals surface area contributed by atoms with Crippen LogP contribution in [0.1, 0.15) is 32.6 Å². The molecule has 0 aromatic heterocycles. The third-order valence-corrected chi connectivity index (χ3v) is 3.39. The molecule has 0 aromatic carbocycles. The summed E-state index contributed by atoms with van der Waals surface area (Å²) < 4.78 is 5.25. The number of esters is 1. The molecule has 3 nitrogen and oxygen atoms in total. The molecule has 0 amide bonds. The Morgan fingerprint density at radius 3 is 2.31 bits per heavy atom. The molecule has 0 N–H and O–H groups in total. The van der Waals surface area contributed by atoms with Gasteiger partial charge in [-0.15, -0.1) is 0 Å². The highest BCUT2D eigenvalue weighted by Gasteiger charge is 2.39. The third-order valence-electron chi connectivity index (χ3n) is 3.39. The van der Waals surface area contributed by atoms with Crippen molar-refractivity contribution in [2.24, 2.45) is 0 Å². The van der Waals surface area contributed by atoms with Crippen molar-refractivity contribution in [1.82, 2.24) is 4.90 Å². The summed E-state index contributed by atoms with van der Waals surface area (Å²) in [6.45, 7) is 1.50. The lowest BCUT2D eigenvalue weighted by Crippen LogP contribution is -2.43. The molecule has 2 aliphatic rings. The summed E-state index contributed by atoms with van der Waals surface area (Å²) >= 11 is 0. The van der Waals surface area contributed by atoms with Crippen molar-refractivity contribution in [2.45, 2.75) is 50.8 Å². The van der Waals surface area contributed by atoms with Gasteiger partial charge < -0.3 is 9.64 Å². The van der Waals surface area contributed by atoms with E-state index < -0.39 is 0 Å². The Morgan fingerprint density at radius 1 is 1.31 bits per heavy atom. The van der Waals surface area contributed by atoms with Crippen molar-refractivity contribution in [1.29, 1.82) is 0 Å². The minimum absolute atomic E-state index is 0.131. The summed E-state index contributed by atoms with van der Waals surface area (Å²) in [5.74, 6) is -0.131. The molecule has 0 aliphatic carbocycles. The zero-order valence-corrected chi connectivity index (χ0v) is 8.32. The van der Waals surface area contributed by atoms with Crippen molar-refractivity contribution in [3.05, 3.63) is 0 Å². The second-order valence-electron chi connectivity index (χ2n) is 4.25. The molecular formula is C10H17NO2. The summed E-state index contributed by atoms with van der Waals surface area (Å²) in [7, 11) is 2.19. The Hall–Kier alpha value is -0.570. The largest absolute Gasteiger partial charge is 0.462 e. The van der Waals surface area contributed by atoms with Crippen LogP contribution in [-0.2, 0) is 9.53 Å². The van der Waals surface area contributed by atoms with E-state index in [4.69, 9.17) is 4.74 Å². The van der Waals surface area contributed by atoms with Gasteiger partial charge in [-0.25, -0.2) is 0 Å². The fourth-order valence-corrected chi connectivity index (χ4v) is 2.69. The van der Waals surface area contributed by atoms with E-state index in [1.54, 1.807) is 0 Å². The first-order chi connectivity index (χ1) is 6.16. The van der Waals surface area contributed by atoms with Crippen LogP contribution >= 0.6 is 0 Å². The number of rotatable bonds is 1. The van der Waals surface area contributed by atoms with Crippen LogP contribution in [0.3, 0.4) is 0 Å². The van der Waals surface area contributed by atoms with Crippen molar-refractivity contribution in [3.63, 3.8) is 0 Å². The number of carbonyl (C=O) groups is 1. The smallest absolute Gasteiger partial charge is 0.302 e. The van der Waals surface area contributed by atoms with Gasteiger partial charge in [0.05, 0.1) is 0 Å². The lowest BCUT2D eigenvalue weighted by molar-refractivity contribution is -0.149. The Labute approximate surface area is 79.0 Å². The standard InChI is InChI=1S/C10H17NO2/c1-7(12)13-10-5-8-3-4-9(6-10)11(8)2/h8-10H,3-6H2,1-2H3/t8-,9+,10?. The van der Waals surface area contributed by atoms with E-state index >= 15 is 0 Å². The van der Waals surface area contributed by atoms with Gasteiger partial charge in [-0.1, -0.05) is 0 Å². The van der Waals surface area contributed by atoms with Crippen molar-refractivity contribution < 1.29 is 9.53 Å². The zero-order chi connectivity index (χ0) is 9.42. The molecule has 74 valence electrons. The van der Waals surface area contributed by atoms with E-state index in [-0.39, 0.29) is 12.1 Å². The van der Waals surface area contributed by atoms with Crippen molar-refractivity contribution >= 4 is 5.97 Å². The molecule has 13 heavy (non-hydrogen) atoms. The number of piperidine rings is 1. The maximum Gasteiger partial charge on any atom is 0.302 e. The first kappa shape index (κ1) is 9.00. The molecule has 0 spiro atoms. The molecule has 2 fully saturated rings. The normalized spacial score (nSPS) is 39.1. The fourth-order valence-electron chi connectivity index (χ4n) is 2.69. The summed E-state index contributed by atoms with van der Waals surface area (Å²) in [6.07, 6.45) is 4.81. The highest BCUT2D eigenvalue weighted by Crippen LogP contribution is 2.35. The van der Waals surface area contributed by atoms with Crippen LogP contribution in [-0.4, -0.2) is 36.1 Å². The molecular weight excluding hydrogens is 166 g/mol. The fraction of sp³-hybridized carbons (Fsp3) is 0.900. The Kier molecular flexibility index (Phi) is 2.28. The number of carbonyl (C=O) groups excluding carboxylic acids is 1. The van der Waals surface area contributed by atoms with E-state index in [1.165, 1.54) is 19.8 Å². The average molecular weight is 183 g/mol. The van der Waals surface area contributed by atoms with E-state index in [0.29, 0.717) is 12.1 Å². The van der Waals surface area contributed by atoms with Crippen LogP contribution in [0, 0.1) is 0 Å². The zero-order valence-electron chi connectivity index (χ0n) is 8.32. The van der Waals surface area contributed by atoms with Crippen LogP contribution in [0.5, 0.6) is 0 Å². The van der Waals surface area contributed by atoms with Crippen LogP contribution in [0.25, 0.3) is 0 Å². The van der Waals surface area contributed by atoms with E-state index in [9.17, 15) is 4.79 Å². The Morgan fingerprint density at radius 2 is 1.85 bits per heavy atom. The summed E-state index contributed by atoms with van der Waals surface area (Å²) in [5, 5.41) is 0. The molecule has 3 atom stereocenters. The van der Waals surface area contributed by atoms with E-state index in [1.807, 2.05) is 0 Å². The summed E-state index contributed by atoms with van der Waals surface area (Å²) in [6, 6.07) is 1.31. The SMILES string of the molecule is CC(=O)OC1C[C@H]2CC[C@@H](C1)N2C. The van der Waals surface area contributed by atoms with Gasteiger partial charge in [0, 0.05) is 19.0 Å². The summed E-state index contributed by atoms with van der Waals surface area (Å²) in [5.41, 5.74) is 0. The molecule has 0 radical (unpaired) electrons. The predicted molar refractivity (Wildman–Crippen MR) is 49.4 cm³/mol. The van der Waals surface area contributed by atoms with E-state index in [0.717, 1.165) is 12.8 Å². The second kappa shape index (κ2) is 3.29. The topological polar surface area (TPSA) is 29.5 Å². The van der Waals surface area contributed by atoms with Crippen LogP contribution in [0.2, 0.25) is 0 Å². The Balaban J connectivity index is 1.95. The average Bonchev–Trinajstić information content (AvgIpc) is 2.33. The number of hydrogen-bond donors (Lipinski definition) is 0. The number of ether oxygens (including phenoxy) is 1. The number of nitrogens with zero attached hydrogens (tertiary/aromatic N) is 1. The van der Waals surface area contributed by atoms with Gasteiger partial charge in [-0.3, -0.25) is 4.79 Å². The molecule has 1 unspecified atom stereocenters. The molecule has 2 rings (SSSR count). The maximum absolute atomic E-state index is 10.8. The van der Waals surface area contributed by atoms with Crippen molar-refractivity contribution in [3.8, 4) is 0 Å². The maximum atomic E-state index is 10.8. The minimum atomic E-state index is -0.131. The number of fused-ring (bicyclic) bond motifs is 2. The van der Waals surface area contributed by atoms with Gasteiger partial charge in [0.2, 0.25) is 0 Å². The van der Waals surface area contributed by atoms with Crippen LogP contribution in [0.15, 0.2) is 0 Å². The van der Waals surface area contributed by atoms with Crippen molar-refractivity contribution in [2.75, 3.05) is 7.05 Å². The van der Waals surface area contributed by atoms with Gasteiger partial charge in [-0.05, 0) is 32.7 Å². The molecule has 3 heteroatoms. The molecule has 2 saturated heterocycles. The molecule has 0 saturated carbocycles. The Bertz CT molecular complexity index is 203. The second-order valence-corrected chi connectivity index (χ2v) is 4.25. The lowest BCUT2D eigenvalue weighted by Gasteiger charge is -2.35. The first-order valence-corrected chi connectivity index (χ1v) is 5.06. The molecule has 2 aliphatic heterocycles. The van der Waals surface area contributed by atoms with E-state index in [2.05, 4.69) is 11.9 Å². The highest BCUT2D eigenvalue weighted by molar-refractivity contribution is 5.66. The predicted octanol–water partition coefficient (Wildman–Crippen LogP) is 1.17. The van der Waals surface area contributed by atoms with Crippen LogP contribution in [0.4, 0.5) is 0 Å². The quantitative estimate of drug-likeness (QED) is 0.572. The van der Waals surface area contributed by atoms with Gasteiger partial charge in [0.25, 0.3) is 0 Å². The molecule has 2 heterocycles. The molecule has 0 aromatic rings. The third kappa shape index (κ3) is 1.70. The highest BCUT2D eigenvalue weighted by atomic mass is 16.5.